The molecule has 1 aromatic carbocycles. The van der Waals surface area contributed by atoms with E-state index in [-0.39, 0.29) is 17.3 Å². The van der Waals surface area contributed by atoms with Crippen molar-refractivity contribution in [3.05, 3.63) is 35.6 Å². The standard InChI is InChI=1S/C13H16FNO/c1-13(2,3)11-8-16-12(15-11)9-6-4-5-7-10(9)14/h4-7,11H,8H2,1-3H3. The fourth-order valence-electron chi connectivity index (χ4n) is 1.60. The van der Waals surface area contributed by atoms with Crippen molar-refractivity contribution in [1.82, 2.24) is 0 Å². The van der Waals surface area contributed by atoms with E-state index in [0.717, 1.165) is 0 Å². The Morgan fingerprint density at radius 3 is 2.56 bits per heavy atom. The number of rotatable bonds is 1. The second kappa shape index (κ2) is 3.89. The van der Waals surface area contributed by atoms with Gasteiger partial charge in [-0.05, 0) is 17.5 Å². The normalized spacial score (nSPS) is 20.5. The van der Waals surface area contributed by atoms with Crippen molar-refractivity contribution in [2.45, 2.75) is 26.8 Å². The van der Waals surface area contributed by atoms with E-state index < -0.39 is 0 Å². The highest BCUT2D eigenvalue weighted by molar-refractivity contribution is 5.95. The molecule has 0 aromatic heterocycles. The van der Waals surface area contributed by atoms with Crippen LogP contribution in [-0.4, -0.2) is 18.5 Å². The minimum absolute atomic E-state index is 0.0486. The number of benzene rings is 1. The Kier molecular flexibility index (Phi) is 2.70. The Morgan fingerprint density at radius 2 is 2.00 bits per heavy atom. The van der Waals surface area contributed by atoms with Crippen LogP contribution in [0.1, 0.15) is 26.3 Å². The quantitative estimate of drug-likeness (QED) is 0.714. The molecule has 16 heavy (non-hydrogen) atoms. The van der Waals surface area contributed by atoms with E-state index in [2.05, 4.69) is 25.8 Å². The first-order valence-corrected chi connectivity index (χ1v) is 5.44. The van der Waals surface area contributed by atoms with Gasteiger partial charge in [0.2, 0.25) is 5.90 Å². The predicted molar refractivity (Wildman–Crippen MR) is 62.1 cm³/mol. The molecule has 0 aliphatic carbocycles. The van der Waals surface area contributed by atoms with Crippen molar-refractivity contribution < 1.29 is 9.13 Å². The number of ether oxygens (including phenoxy) is 1. The lowest BCUT2D eigenvalue weighted by Crippen LogP contribution is -2.25. The van der Waals surface area contributed by atoms with Crippen LogP contribution in [-0.2, 0) is 4.74 Å². The summed E-state index contributed by atoms with van der Waals surface area (Å²) in [6.07, 6.45) is 0. The van der Waals surface area contributed by atoms with Crippen LogP contribution < -0.4 is 0 Å². The van der Waals surface area contributed by atoms with Gasteiger partial charge in [0, 0.05) is 0 Å². The van der Waals surface area contributed by atoms with Crippen LogP contribution in [0, 0.1) is 11.2 Å². The van der Waals surface area contributed by atoms with Gasteiger partial charge in [0.05, 0.1) is 11.6 Å². The fraction of sp³-hybridized carbons (Fsp3) is 0.462. The Morgan fingerprint density at radius 1 is 1.31 bits per heavy atom. The molecule has 0 amide bonds. The van der Waals surface area contributed by atoms with Gasteiger partial charge in [0.15, 0.2) is 0 Å². The number of halogens is 1. The van der Waals surface area contributed by atoms with E-state index in [1.165, 1.54) is 6.07 Å². The molecular formula is C13H16FNO. The zero-order valence-electron chi connectivity index (χ0n) is 9.83. The molecule has 0 bridgehead atoms. The van der Waals surface area contributed by atoms with Crippen molar-refractivity contribution in [2.75, 3.05) is 6.61 Å². The summed E-state index contributed by atoms with van der Waals surface area (Å²) in [5.74, 6) is 0.147. The zero-order chi connectivity index (χ0) is 11.8. The van der Waals surface area contributed by atoms with E-state index in [4.69, 9.17) is 4.74 Å². The average molecular weight is 221 g/mol. The first kappa shape index (κ1) is 11.1. The SMILES string of the molecule is CC(C)(C)C1COC(c2ccccc2F)=N1. The highest BCUT2D eigenvalue weighted by Gasteiger charge is 2.31. The van der Waals surface area contributed by atoms with Crippen LogP contribution >= 0.6 is 0 Å². The van der Waals surface area contributed by atoms with Crippen LogP contribution in [0.15, 0.2) is 29.3 Å². The van der Waals surface area contributed by atoms with Crippen molar-refractivity contribution in [1.29, 1.82) is 0 Å². The molecule has 1 heterocycles. The third-order valence-electron chi connectivity index (χ3n) is 2.75. The van der Waals surface area contributed by atoms with Crippen molar-refractivity contribution in [3.8, 4) is 0 Å². The number of hydrogen-bond donors (Lipinski definition) is 0. The lowest BCUT2D eigenvalue weighted by atomic mass is 9.88. The summed E-state index contributed by atoms with van der Waals surface area (Å²) in [6, 6.07) is 6.66. The van der Waals surface area contributed by atoms with Gasteiger partial charge in [-0.1, -0.05) is 32.9 Å². The maximum atomic E-state index is 13.5. The van der Waals surface area contributed by atoms with E-state index in [9.17, 15) is 4.39 Å². The molecule has 0 saturated carbocycles. The van der Waals surface area contributed by atoms with Crippen LogP contribution in [0.5, 0.6) is 0 Å². The molecule has 1 atom stereocenters. The van der Waals surface area contributed by atoms with Crippen LogP contribution in [0.4, 0.5) is 4.39 Å². The van der Waals surface area contributed by atoms with E-state index in [1.54, 1.807) is 18.2 Å². The largest absolute Gasteiger partial charge is 0.475 e. The summed E-state index contributed by atoms with van der Waals surface area (Å²) in [5.41, 5.74) is 0.502. The third kappa shape index (κ3) is 2.08. The molecule has 0 N–H and O–H groups in total. The summed E-state index contributed by atoms with van der Waals surface area (Å²) >= 11 is 0. The first-order chi connectivity index (χ1) is 7.48. The number of hydrogen-bond acceptors (Lipinski definition) is 2. The van der Waals surface area contributed by atoms with Gasteiger partial charge in [0.1, 0.15) is 12.4 Å². The third-order valence-corrected chi connectivity index (χ3v) is 2.75. The average Bonchev–Trinajstić information content (AvgIpc) is 2.66. The van der Waals surface area contributed by atoms with Gasteiger partial charge in [-0.3, -0.25) is 0 Å². The van der Waals surface area contributed by atoms with Gasteiger partial charge in [0.25, 0.3) is 0 Å². The summed E-state index contributed by atoms with van der Waals surface area (Å²) < 4.78 is 19.0. The molecule has 1 aliphatic heterocycles. The molecule has 0 fully saturated rings. The van der Waals surface area contributed by atoms with Gasteiger partial charge in [-0.2, -0.15) is 0 Å². The predicted octanol–water partition coefficient (Wildman–Crippen LogP) is 3.02. The van der Waals surface area contributed by atoms with Crippen molar-refractivity contribution in [2.24, 2.45) is 10.4 Å². The summed E-state index contributed by atoms with van der Waals surface area (Å²) in [5, 5.41) is 0. The summed E-state index contributed by atoms with van der Waals surface area (Å²) in [6.45, 7) is 6.85. The second-order valence-electron chi connectivity index (χ2n) is 5.11. The smallest absolute Gasteiger partial charge is 0.219 e. The first-order valence-electron chi connectivity index (χ1n) is 5.44. The molecular weight excluding hydrogens is 205 g/mol. The van der Waals surface area contributed by atoms with E-state index in [0.29, 0.717) is 18.1 Å². The van der Waals surface area contributed by atoms with E-state index in [1.807, 2.05) is 0 Å². The van der Waals surface area contributed by atoms with Crippen LogP contribution in [0.3, 0.4) is 0 Å². The summed E-state index contributed by atoms with van der Waals surface area (Å²) in [4.78, 5) is 4.44. The molecule has 0 radical (unpaired) electrons. The lowest BCUT2D eigenvalue weighted by molar-refractivity contribution is 0.235. The maximum Gasteiger partial charge on any atom is 0.219 e. The second-order valence-corrected chi connectivity index (χ2v) is 5.11. The highest BCUT2D eigenvalue weighted by atomic mass is 19.1. The fourth-order valence-corrected chi connectivity index (χ4v) is 1.60. The molecule has 1 aliphatic rings. The van der Waals surface area contributed by atoms with Gasteiger partial charge in [-0.25, -0.2) is 9.38 Å². The molecule has 2 nitrogen and oxygen atoms in total. The van der Waals surface area contributed by atoms with Crippen LogP contribution in [0.2, 0.25) is 0 Å². The Labute approximate surface area is 95.2 Å². The molecule has 0 saturated heterocycles. The minimum Gasteiger partial charge on any atom is -0.475 e. The molecule has 1 aromatic rings. The Hall–Kier alpha value is -1.38. The topological polar surface area (TPSA) is 21.6 Å². The van der Waals surface area contributed by atoms with E-state index >= 15 is 0 Å². The molecule has 0 spiro atoms. The van der Waals surface area contributed by atoms with Crippen molar-refractivity contribution in [3.63, 3.8) is 0 Å². The highest BCUT2D eigenvalue weighted by Crippen LogP contribution is 2.27. The molecule has 3 heteroatoms. The van der Waals surface area contributed by atoms with Gasteiger partial charge < -0.3 is 4.74 Å². The minimum atomic E-state index is -0.282. The Bertz CT molecular complexity index is 420. The lowest BCUT2D eigenvalue weighted by Gasteiger charge is -2.21. The molecule has 1 unspecified atom stereocenters. The monoisotopic (exact) mass is 221 g/mol. The Balaban J connectivity index is 2.28. The summed E-state index contributed by atoms with van der Waals surface area (Å²) in [7, 11) is 0. The number of aliphatic imine (C=N–C) groups is 1. The maximum absolute atomic E-state index is 13.5. The molecule has 86 valence electrons. The van der Waals surface area contributed by atoms with Gasteiger partial charge in [-0.15, -0.1) is 0 Å². The van der Waals surface area contributed by atoms with Gasteiger partial charge >= 0.3 is 0 Å². The zero-order valence-corrected chi connectivity index (χ0v) is 9.83. The van der Waals surface area contributed by atoms with Crippen molar-refractivity contribution >= 4 is 5.90 Å². The number of nitrogens with zero attached hydrogens (tertiary/aromatic N) is 1. The molecule has 2 rings (SSSR count). The van der Waals surface area contributed by atoms with Crippen LogP contribution in [0.25, 0.3) is 0 Å².